The highest BCUT2D eigenvalue weighted by Gasteiger charge is 2.20. The standard InChI is InChI=1S/C27H29N3O5/c1-18(28-27(31)19-9-14-24(33-3)25(17-19)34-4)26-29-22-7-5-6-8-23(22)30(26)15-16-35-21-12-10-20(32-2)11-13-21/h5-14,17-18H,15-16H2,1-4H3,(H,28,31). The first-order chi connectivity index (χ1) is 17.0. The van der Waals surface area contributed by atoms with Gasteiger partial charge in [-0.05, 0) is 61.5 Å². The van der Waals surface area contributed by atoms with E-state index in [1.165, 1.54) is 0 Å². The Bertz CT molecular complexity index is 1300. The van der Waals surface area contributed by atoms with Gasteiger partial charge in [-0.15, -0.1) is 0 Å². The number of imidazole rings is 1. The van der Waals surface area contributed by atoms with Gasteiger partial charge >= 0.3 is 0 Å². The summed E-state index contributed by atoms with van der Waals surface area (Å²) in [6.07, 6.45) is 0. The molecule has 0 aliphatic heterocycles. The number of para-hydroxylation sites is 2. The largest absolute Gasteiger partial charge is 0.497 e. The Kier molecular flexibility index (Phi) is 7.40. The average Bonchev–Trinajstić information content (AvgIpc) is 3.27. The second-order valence-corrected chi connectivity index (χ2v) is 7.90. The lowest BCUT2D eigenvalue weighted by Gasteiger charge is -2.17. The molecule has 0 saturated carbocycles. The van der Waals surface area contributed by atoms with Gasteiger partial charge < -0.3 is 28.8 Å². The zero-order chi connectivity index (χ0) is 24.8. The van der Waals surface area contributed by atoms with Crippen LogP contribution in [0.4, 0.5) is 0 Å². The van der Waals surface area contributed by atoms with Gasteiger partial charge in [0, 0.05) is 5.56 Å². The van der Waals surface area contributed by atoms with Crippen molar-refractivity contribution >= 4 is 16.9 Å². The highest BCUT2D eigenvalue weighted by atomic mass is 16.5. The fourth-order valence-corrected chi connectivity index (χ4v) is 3.91. The molecule has 4 aromatic rings. The number of methoxy groups -OCH3 is 3. The van der Waals surface area contributed by atoms with Gasteiger partial charge in [0.2, 0.25) is 0 Å². The minimum atomic E-state index is -0.344. The van der Waals surface area contributed by atoms with Gasteiger partial charge in [-0.1, -0.05) is 12.1 Å². The summed E-state index contributed by atoms with van der Waals surface area (Å²) in [6.45, 7) is 2.93. The highest BCUT2D eigenvalue weighted by molar-refractivity contribution is 5.95. The first-order valence-electron chi connectivity index (χ1n) is 11.3. The molecule has 3 aromatic carbocycles. The van der Waals surface area contributed by atoms with Gasteiger partial charge in [0.05, 0.1) is 44.9 Å². The van der Waals surface area contributed by atoms with E-state index in [9.17, 15) is 4.79 Å². The number of amides is 1. The molecule has 0 spiro atoms. The Morgan fingerprint density at radius 1 is 0.914 bits per heavy atom. The molecule has 0 aliphatic carbocycles. The van der Waals surface area contributed by atoms with E-state index in [4.69, 9.17) is 23.9 Å². The van der Waals surface area contributed by atoms with Crippen LogP contribution in [-0.2, 0) is 6.54 Å². The smallest absolute Gasteiger partial charge is 0.251 e. The monoisotopic (exact) mass is 475 g/mol. The lowest BCUT2D eigenvalue weighted by molar-refractivity contribution is 0.0937. The number of aromatic nitrogens is 2. The first kappa shape index (κ1) is 23.9. The zero-order valence-electron chi connectivity index (χ0n) is 20.3. The van der Waals surface area contributed by atoms with E-state index in [0.29, 0.717) is 30.2 Å². The summed E-state index contributed by atoms with van der Waals surface area (Å²) < 4.78 is 23.8. The Morgan fingerprint density at radius 2 is 1.63 bits per heavy atom. The summed E-state index contributed by atoms with van der Waals surface area (Å²) in [5.41, 5.74) is 2.31. The number of benzene rings is 3. The Balaban J connectivity index is 1.51. The van der Waals surface area contributed by atoms with Crippen molar-refractivity contribution in [1.29, 1.82) is 0 Å². The molecule has 0 aliphatic rings. The van der Waals surface area contributed by atoms with Crippen LogP contribution in [0.25, 0.3) is 11.0 Å². The van der Waals surface area contributed by atoms with Crippen LogP contribution in [0.3, 0.4) is 0 Å². The fraction of sp³-hybridized carbons (Fsp3) is 0.259. The van der Waals surface area contributed by atoms with Gasteiger partial charge in [0.15, 0.2) is 11.5 Å². The molecule has 0 radical (unpaired) electrons. The molecule has 4 rings (SSSR count). The SMILES string of the molecule is COc1ccc(OCCn2c(C(C)NC(=O)c3ccc(OC)c(OC)c3)nc3ccccc32)cc1. The maximum absolute atomic E-state index is 13.0. The summed E-state index contributed by atoms with van der Waals surface area (Å²) in [5.74, 6) is 3.11. The Morgan fingerprint density at radius 3 is 2.34 bits per heavy atom. The van der Waals surface area contributed by atoms with Crippen LogP contribution in [0.15, 0.2) is 66.7 Å². The lowest BCUT2D eigenvalue weighted by Crippen LogP contribution is -2.29. The second kappa shape index (κ2) is 10.8. The molecule has 0 saturated heterocycles. The quantitative estimate of drug-likeness (QED) is 0.360. The van der Waals surface area contributed by atoms with Crippen LogP contribution in [0.5, 0.6) is 23.0 Å². The van der Waals surface area contributed by atoms with E-state index in [2.05, 4.69) is 9.88 Å². The molecule has 1 N–H and O–H groups in total. The van der Waals surface area contributed by atoms with Gasteiger partial charge in [-0.3, -0.25) is 4.79 Å². The van der Waals surface area contributed by atoms with Crippen molar-refractivity contribution in [2.24, 2.45) is 0 Å². The number of carbonyl (C=O) groups is 1. The molecule has 8 nitrogen and oxygen atoms in total. The van der Waals surface area contributed by atoms with E-state index in [0.717, 1.165) is 28.4 Å². The number of rotatable bonds is 10. The number of carbonyl (C=O) groups excluding carboxylic acids is 1. The lowest BCUT2D eigenvalue weighted by atomic mass is 10.1. The molecule has 1 heterocycles. The third kappa shape index (κ3) is 5.32. The van der Waals surface area contributed by atoms with Crippen LogP contribution in [0.1, 0.15) is 29.1 Å². The van der Waals surface area contributed by atoms with Crippen molar-refractivity contribution in [3.8, 4) is 23.0 Å². The van der Waals surface area contributed by atoms with Gasteiger partial charge in [-0.2, -0.15) is 0 Å². The molecule has 1 unspecified atom stereocenters. The maximum Gasteiger partial charge on any atom is 0.251 e. The number of ether oxygens (including phenoxy) is 4. The van der Waals surface area contributed by atoms with E-state index in [1.807, 2.05) is 55.5 Å². The number of fused-ring (bicyclic) bond motifs is 1. The number of nitrogens with one attached hydrogen (secondary N) is 1. The Labute approximate surface area is 204 Å². The molecule has 1 atom stereocenters. The third-order valence-corrected chi connectivity index (χ3v) is 5.71. The molecule has 1 aromatic heterocycles. The van der Waals surface area contributed by atoms with Crippen molar-refractivity contribution in [2.75, 3.05) is 27.9 Å². The van der Waals surface area contributed by atoms with Crippen LogP contribution >= 0.6 is 0 Å². The van der Waals surface area contributed by atoms with Crippen molar-refractivity contribution in [3.05, 3.63) is 78.1 Å². The van der Waals surface area contributed by atoms with Crippen LogP contribution in [-0.4, -0.2) is 43.4 Å². The summed E-state index contributed by atoms with van der Waals surface area (Å²) in [4.78, 5) is 17.8. The molecular weight excluding hydrogens is 446 g/mol. The zero-order valence-corrected chi connectivity index (χ0v) is 20.3. The summed E-state index contributed by atoms with van der Waals surface area (Å²) >= 11 is 0. The molecule has 35 heavy (non-hydrogen) atoms. The summed E-state index contributed by atoms with van der Waals surface area (Å²) in [6, 6.07) is 20.1. The molecule has 182 valence electrons. The minimum absolute atomic E-state index is 0.230. The molecule has 0 fully saturated rings. The minimum Gasteiger partial charge on any atom is -0.497 e. The van der Waals surface area contributed by atoms with Crippen LogP contribution < -0.4 is 24.3 Å². The normalized spacial score (nSPS) is 11.7. The predicted molar refractivity (Wildman–Crippen MR) is 134 cm³/mol. The third-order valence-electron chi connectivity index (χ3n) is 5.71. The van der Waals surface area contributed by atoms with E-state index >= 15 is 0 Å². The number of hydrogen-bond donors (Lipinski definition) is 1. The van der Waals surface area contributed by atoms with Crippen LogP contribution in [0.2, 0.25) is 0 Å². The number of nitrogens with zero attached hydrogens (tertiary/aromatic N) is 2. The maximum atomic E-state index is 13.0. The first-order valence-corrected chi connectivity index (χ1v) is 11.3. The van der Waals surface area contributed by atoms with E-state index in [1.54, 1.807) is 39.5 Å². The predicted octanol–water partition coefficient (Wildman–Crippen LogP) is 4.63. The molecular formula is C27H29N3O5. The molecule has 0 bridgehead atoms. The molecule has 1 amide bonds. The Hall–Kier alpha value is -4.20. The van der Waals surface area contributed by atoms with Crippen molar-refractivity contribution < 1.29 is 23.7 Å². The van der Waals surface area contributed by atoms with Gasteiger partial charge in [0.25, 0.3) is 5.91 Å². The van der Waals surface area contributed by atoms with Gasteiger partial charge in [0.1, 0.15) is 23.9 Å². The highest BCUT2D eigenvalue weighted by Crippen LogP contribution is 2.28. The second-order valence-electron chi connectivity index (χ2n) is 7.90. The van der Waals surface area contributed by atoms with Crippen LogP contribution in [0, 0.1) is 0 Å². The van der Waals surface area contributed by atoms with Crippen molar-refractivity contribution in [3.63, 3.8) is 0 Å². The fourth-order valence-electron chi connectivity index (χ4n) is 3.91. The van der Waals surface area contributed by atoms with E-state index in [-0.39, 0.29) is 11.9 Å². The van der Waals surface area contributed by atoms with Crippen molar-refractivity contribution in [1.82, 2.24) is 14.9 Å². The average molecular weight is 476 g/mol. The van der Waals surface area contributed by atoms with E-state index < -0.39 is 0 Å². The summed E-state index contributed by atoms with van der Waals surface area (Å²) in [5, 5.41) is 3.05. The van der Waals surface area contributed by atoms with Crippen molar-refractivity contribution in [2.45, 2.75) is 19.5 Å². The summed E-state index contributed by atoms with van der Waals surface area (Å²) in [7, 11) is 4.73. The topological polar surface area (TPSA) is 83.8 Å². The molecule has 8 heteroatoms. The van der Waals surface area contributed by atoms with Gasteiger partial charge in [-0.25, -0.2) is 4.98 Å². The number of hydrogen-bond acceptors (Lipinski definition) is 6.